The second-order valence-corrected chi connectivity index (χ2v) is 4.33. The Morgan fingerprint density at radius 2 is 1.62 bits per heavy atom. The first-order valence-corrected chi connectivity index (χ1v) is 5.20. The molecule has 74 valence electrons. The van der Waals surface area contributed by atoms with Crippen LogP contribution in [0.25, 0.3) is 0 Å². The predicted octanol–water partition coefficient (Wildman–Crippen LogP) is 3.02. The molecule has 0 spiro atoms. The van der Waals surface area contributed by atoms with Crippen LogP contribution in [0.3, 0.4) is 0 Å². The first-order chi connectivity index (χ1) is 5.54. The molecule has 0 atom stereocenters. The van der Waals surface area contributed by atoms with Gasteiger partial charge in [-0.15, -0.1) is 24.2 Å². The van der Waals surface area contributed by atoms with Gasteiger partial charge in [-0.25, -0.2) is 0 Å². The van der Waals surface area contributed by atoms with E-state index >= 15 is 0 Å². The van der Waals surface area contributed by atoms with Gasteiger partial charge in [0, 0.05) is 10.4 Å². The van der Waals surface area contributed by atoms with E-state index in [0.717, 1.165) is 0 Å². The van der Waals surface area contributed by atoms with Crippen molar-refractivity contribution in [1.82, 2.24) is 0 Å². The quantitative estimate of drug-likeness (QED) is 0.771. The van der Waals surface area contributed by atoms with Crippen LogP contribution in [0.4, 0.5) is 0 Å². The molecule has 0 unspecified atom stereocenters. The first-order valence-electron chi connectivity index (χ1n) is 3.97. The number of hydrogen-bond donors (Lipinski definition) is 1. The van der Waals surface area contributed by atoms with Crippen LogP contribution < -0.4 is 5.73 Å². The average Bonchev–Trinajstić information content (AvgIpc) is 2.03. The van der Waals surface area contributed by atoms with Crippen LogP contribution in [-0.2, 0) is 5.54 Å². The molecule has 0 heterocycles. The maximum atomic E-state index is 5.94. The Morgan fingerprint density at radius 3 is 1.92 bits per heavy atom. The number of halogens is 1. The number of hydrogen-bond acceptors (Lipinski definition) is 2. The van der Waals surface area contributed by atoms with Gasteiger partial charge < -0.3 is 5.73 Å². The van der Waals surface area contributed by atoms with E-state index < -0.39 is 0 Å². The molecule has 1 nitrogen and oxygen atoms in total. The van der Waals surface area contributed by atoms with E-state index in [1.54, 1.807) is 11.8 Å². The number of nitrogens with two attached hydrogens (primary N) is 1. The lowest BCUT2D eigenvalue weighted by molar-refractivity contribution is 0.554. The zero-order chi connectivity index (χ0) is 9.19. The highest BCUT2D eigenvalue weighted by molar-refractivity contribution is 7.98. The van der Waals surface area contributed by atoms with Crippen LogP contribution >= 0.6 is 24.2 Å². The molecule has 13 heavy (non-hydrogen) atoms. The van der Waals surface area contributed by atoms with Crippen molar-refractivity contribution in [2.24, 2.45) is 5.73 Å². The third kappa shape index (κ3) is 3.59. The van der Waals surface area contributed by atoms with E-state index in [-0.39, 0.29) is 17.9 Å². The van der Waals surface area contributed by atoms with Crippen LogP contribution in [0.15, 0.2) is 29.2 Å². The summed E-state index contributed by atoms with van der Waals surface area (Å²) in [4.78, 5) is 1.28. The minimum absolute atomic E-state index is 0. The Bertz CT molecular complexity index is 251. The molecular weight excluding hydrogens is 202 g/mol. The van der Waals surface area contributed by atoms with Crippen molar-refractivity contribution < 1.29 is 0 Å². The molecule has 0 amide bonds. The lowest BCUT2D eigenvalue weighted by Crippen LogP contribution is -2.28. The molecule has 0 aromatic heterocycles. The fourth-order valence-electron chi connectivity index (χ4n) is 1.02. The van der Waals surface area contributed by atoms with Gasteiger partial charge in [-0.2, -0.15) is 0 Å². The Kier molecular flexibility index (Phi) is 4.82. The third-order valence-corrected chi connectivity index (χ3v) is 2.58. The van der Waals surface area contributed by atoms with Crippen molar-refractivity contribution in [3.63, 3.8) is 0 Å². The monoisotopic (exact) mass is 217 g/mol. The van der Waals surface area contributed by atoms with Crippen molar-refractivity contribution in [3.8, 4) is 0 Å². The van der Waals surface area contributed by atoms with Crippen LogP contribution in [0.2, 0.25) is 0 Å². The summed E-state index contributed by atoms with van der Waals surface area (Å²) in [5, 5.41) is 0. The fourth-order valence-corrected chi connectivity index (χ4v) is 1.43. The third-order valence-electron chi connectivity index (χ3n) is 1.83. The fraction of sp³-hybridized carbons (Fsp3) is 0.400. The standard InChI is InChI=1S/C10H15NS.ClH/c1-10(2,11)8-4-6-9(12-3)7-5-8;/h4-7H,11H2,1-3H3;1H. The Labute approximate surface area is 90.5 Å². The molecule has 0 fully saturated rings. The minimum atomic E-state index is -0.225. The van der Waals surface area contributed by atoms with Gasteiger partial charge in [0.2, 0.25) is 0 Å². The second-order valence-electron chi connectivity index (χ2n) is 3.45. The molecule has 0 saturated heterocycles. The van der Waals surface area contributed by atoms with Crippen LogP contribution in [0.5, 0.6) is 0 Å². The van der Waals surface area contributed by atoms with Gasteiger partial charge in [0.05, 0.1) is 0 Å². The van der Waals surface area contributed by atoms with Gasteiger partial charge in [-0.3, -0.25) is 0 Å². The van der Waals surface area contributed by atoms with Crippen molar-refractivity contribution in [3.05, 3.63) is 29.8 Å². The summed E-state index contributed by atoms with van der Waals surface area (Å²) in [5.41, 5.74) is 6.90. The molecule has 1 rings (SSSR count). The van der Waals surface area contributed by atoms with E-state index in [2.05, 4.69) is 30.5 Å². The summed E-state index contributed by atoms with van der Waals surface area (Å²) in [5.74, 6) is 0. The molecule has 1 aromatic carbocycles. The molecule has 0 aliphatic rings. The van der Waals surface area contributed by atoms with Gasteiger partial charge in [0.25, 0.3) is 0 Å². The predicted molar refractivity (Wildman–Crippen MR) is 62.7 cm³/mol. The van der Waals surface area contributed by atoms with E-state index in [1.807, 2.05) is 13.8 Å². The van der Waals surface area contributed by atoms with Crippen molar-refractivity contribution in [1.29, 1.82) is 0 Å². The van der Waals surface area contributed by atoms with Crippen LogP contribution in [0.1, 0.15) is 19.4 Å². The Morgan fingerprint density at radius 1 is 1.15 bits per heavy atom. The van der Waals surface area contributed by atoms with E-state index in [9.17, 15) is 0 Å². The van der Waals surface area contributed by atoms with Crippen LogP contribution in [-0.4, -0.2) is 6.26 Å². The lowest BCUT2D eigenvalue weighted by Gasteiger charge is -2.18. The molecular formula is C10H16ClNS. The van der Waals surface area contributed by atoms with Gasteiger partial charge in [0.15, 0.2) is 0 Å². The summed E-state index contributed by atoms with van der Waals surface area (Å²) < 4.78 is 0. The van der Waals surface area contributed by atoms with Crippen LogP contribution in [0, 0.1) is 0 Å². The Hall–Kier alpha value is -0.180. The van der Waals surface area contributed by atoms with Crippen molar-refractivity contribution in [2.45, 2.75) is 24.3 Å². The zero-order valence-corrected chi connectivity index (χ0v) is 9.84. The summed E-state index contributed by atoms with van der Waals surface area (Å²) in [6.45, 7) is 4.03. The van der Waals surface area contributed by atoms with Gasteiger partial charge in [-0.05, 0) is 37.8 Å². The molecule has 1 aromatic rings. The van der Waals surface area contributed by atoms with Crippen molar-refractivity contribution >= 4 is 24.2 Å². The number of rotatable bonds is 2. The maximum Gasteiger partial charge on any atom is 0.0352 e. The highest BCUT2D eigenvalue weighted by Gasteiger charge is 2.12. The molecule has 0 radical (unpaired) electrons. The highest BCUT2D eigenvalue weighted by Crippen LogP contribution is 2.20. The molecule has 0 aliphatic heterocycles. The second kappa shape index (κ2) is 4.89. The largest absolute Gasteiger partial charge is 0.322 e. The SMILES string of the molecule is CSc1ccc(C(C)(C)N)cc1.Cl. The first kappa shape index (κ1) is 12.8. The molecule has 0 saturated carbocycles. The van der Waals surface area contributed by atoms with Gasteiger partial charge in [-0.1, -0.05) is 12.1 Å². The van der Waals surface area contributed by atoms with Crippen molar-refractivity contribution in [2.75, 3.05) is 6.26 Å². The topological polar surface area (TPSA) is 26.0 Å². The molecule has 2 N–H and O–H groups in total. The highest BCUT2D eigenvalue weighted by atomic mass is 35.5. The van der Waals surface area contributed by atoms with E-state index in [0.29, 0.717) is 0 Å². The summed E-state index contributed by atoms with van der Waals surface area (Å²) in [6, 6.07) is 8.39. The Balaban J connectivity index is 0.00000144. The van der Waals surface area contributed by atoms with E-state index in [1.165, 1.54) is 10.5 Å². The van der Waals surface area contributed by atoms with E-state index in [4.69, 9.17) is 5.73 Å². The van der Waals surface area contributed by atoms with Gasteiger partial charge in [0.1, 0.15) is 0 Å². The average molecular weight is 218 g/mol. The molecule has 0 bridgehead atoms. The smallest absolute Gasteiger partial charge is 0.0352 e. The number of benzene rings is 1. The summed E-state index contributed by atoms with van der Waals surface area (Å²) in [6.07, 6.45) is 2.07. The minimum Gasteiger partial charge on any atom is -0.322 e. The molecule has 0 aliphatic carbocycles. The normalized spacial score (nSPS) is 10.8. The summed E-state index contributed by atoms with van der Waals surface area (Å²) in [7, 11) is 0. The zero-order valence-electron chi connectivity index (χ0n) is 8.20. The molecule has 3 heteroatoms. The van der Waals surface area contributed by atoms with Gasteiger partial charge >= 0.3 is 0 Å². The maximum absolute atomic E-state index is 5.94. The summed E-state index contributed by atoms with van der Waals surface area (Å²) >= 11 is 1.75. The number of thioether (sulfide) groups is 1. The lowest BCUT2D eigenvalue weighted by atomic mass is 9.96.